The summed E-state index contributed by atoms with van der Waals surface area (Å²) in [7, 11) is 1.61. The molecule has 7 heteroatoms. The van der Waals surface area contributed by atoms with Crippen LogP contribution in [0.25, 0.3) is 11.4 Å². The van der Waals surface area contributed by atoms with E-state index >= 15 is 0 Å². The van der Waals surface area contributed by atoms with Crippen LogP contribution in [-0.4, -0.2) is 27.8 Å². The van der Waals surface area contributed by atoms with Crippen molar-refractivity contribution < 1.29 is 9.53 Å². The van der Waals surface area contributed by atoms with Crippen molar-refractivity contribution in [1.82, 2.24) is 14.8 Å². The molecule has 0 fully saturated rings. The third-order valence-electron chi connectivity index (χ3n) is 4.80. The lowest BCUT2D eigenvalue weighted by molar-refractivity contribution is -0.115. The predicted molar refractivity (Wildman–Crippen MR) is 107 cm³/mol. The molecule has 0 saturated carbocycles. The monoisotopic (exact) mass is 375 g/mol. The Kier molecular flexibility index (Phi) is 4.35. The Morgan fingerprint density at radius 2 is 1.96 bits per heavy atom. The molecular weight excluding hydrogens is 354 g/mol. The maximum Gasteiger partial charge on any atom is 0.248 e. The molecule has 4 rings (SSSR count). The topological polar surface area (TPSA) is 95.1 Å². The number of fused-ring (bicyclic) bond motifs is 1. The average molecular weight is 375 g/mol. The average Bonchev–Trinajstić information content (AvgIpc) is 3.10. The highest BCUT2D eigenvalue weighted by Crippen LogP contribution is 2.37. The van der Waals surface area contributed by atoms with Gasteiger partial charge in [-0.05, 0) is 37.6 Å². The van der Waals surface area contributed by atoms with Gasteiger partial charge in [0.2, 0.25) is 11.9 Å². The molecule has 0 radical (unpaired) electrons. The van der Waals surface area contributed by atoms with Crippen molar-refractivity contribution in [3.8, 4) is 17.1 Å². The van der Waals surface area contributed by atoms with Crippen LogP contribution in [0.4, 0.5) is 5.95 Å². The van der Waals surface area contributed by atoms with Gasteiger partial charge >= 0.3 is 0 Å². The van der Waals surface area contributed by atoms with Crippen LogP contribution in [0, 0.1) is 6.92 Å². The highest BCUT2D eigenvalue weighted by Gasteiger charge is 2.33. The first kappa shape index (κ1) is 17.8. The lowest BCUT2D eigenvalue weighted by atomic mass is 9.95. The molecule has 1 unspecified atom stereocenters. The summed E-state index contributed by atoms with van der Waals surface area (Å²) in [5.41, 5.74) is 9.70. The number of hydrogen-bond donors (Lipinski definition) is 2. The fourth-order valence-electron chi connectivity index (χ4n) is 3.50. The number of aromatic nitrogens is 3. The molecule has 3 aromatic rings. The molecular formula is C21H21N5O2. The summed E-state index contributed by atoms with van der Waals surface area (Å²) in [6.07, 6.45) is 0. The van der Waals surface area contributed by atoms with E-state index in [1.54, 1.807) is 11.8 Å². The van der Waals surface area contributed by atoms with Gasteiger partial charge in [0.1, 0.15) is 11.8 Å². The van der Waals surface area contributed by atoms with E-state index in [0.717, 1.165) is 16.7 Å². The Balaban J connectivity index is 1.89. The summed E-state index contributed by atoms with van der Waals surface area (Å²) < 4.78 is 7.06. The largest absolute Gasteiger partial charge is 0.497 e. The van der Waals surface area contributed by atoms with Gasteiger partial charge in [0, 0.05) is 11.3 Å². The van der Waals surface area contributed by atoms with Gasteiger partial charge in [-0.15, -0.1) is 5.10 Å². The Bertz CT molecular complexity index is 1100. The predicted octanol–water partition coefficient (Wildman–Crippen LogP) is 3.04. The molecule has 7 nitrogen and oxygen atoms in total. The van der Waals surface area contributed by atoms with Gasteiger partial charge in [-0.3, -0.25) is 4.79 Å². The number of benzene rings is 2. The number of nitrogens with two attached hydrogens (primary N) is 1. The molecule has 1 amide bonds. The Labute approximate surface area is 162 Å². The second-order valence-electron chi connectivity index (χ2n) is 6.78. The number of carbonyl (C=O) groups excluding carboxylic acids is 1. The van der Waals surface area contributed by atoms with E-state index in [1.807, 2.05) is 62.4 Å². The molecule has 2 heterocycles. The minimum atomic E-state index is -0.504. The van der Waals surface area contributed by atoms with Gasteiger partial charge in [-0.1, -0.05) is 35.9 Å². The Hall–Kier alpha value is -3.61. The number of amides is 1. The summed E-state index contributed by atoms with van der Waals surface area (Å²) in [6, 6.07) is 15.0. The van der Waals surface area contributed by atoms with Gasteiger partial charge in [0.25, 0.3) is 0 Å². The number of allylic oxidation sites excluding steroid dienone is 1. The van der Waals surface area contributed by atoms with Crippen LogP contribution in [0.3, 0.4) is 0 Å². The second-order valence-corrected chi connectivity index (χ2v) is 6.78. The molecule has 0 bridgehead atoms. The summed E-state index contributed by atoms with van der Waals surface area (Å²) in [5, 5.41) is 7.86. The van der Waals surface area contributed by atoms with Gasteiger partial charge in [-0.2, -0.15) is 4.98 Å². The zero-order valence-corrected chi connectivity index (χ0v) is 15.9. The second kappa shape index (κ2) is 6.84. The van der Waals surface area contributed by atoms with Crippen molar-refractivity contribution >= 4 is 11.9 Å². The van der Waals surface area contributed by atoms with Crippen molar-refractivity contribution in [3.05, 3.63) is 70.9 Å². The number of aryl methyl sites for hydroxylation is 1. The summed E-state index contributed by atoms with van der Waals surface area (Å²) in [4.78, 5) is 16.9. The quantitative estimate of drug-likeness (QED) is 0.731. The van der Waals surface area contributed by atoms with Gasteiger partial charge < -0.3 is 15.8 Å². The molecule has 0 aliphatic carbocycles. The van der Waals surface area contributed by atoms with Crippen molar-refractivity contribution in [1.29, 1.82) is 0 Å². The number of ether oxygens (including phenoxy) is 1. The highest BCUT2D eigenvalue weighted by atomic mass is 16.5. The minimum Gasteiger partial charge on any atom is -0.497 e. The van der Waals surface area contributed by atoms with Crippen molar-refractivity contribution in [3.63, 3.8) is 0 Å². The van der Waals surface area contributed by atoms with E-state index in [-0.39, 0.29) is 0 Å². The Morgan fingerprint density at radius 1 is 1.18 bits per heavy atom. The zero-order valence-electron chi connectivity index (χ0n) is 15.9. The van der Waals surface area contributed by atoms with Gasteiger partial charge in [0.15, 0.2) is 5.82 Å². The number of carbonyl (C=O) groups is 1. The van der Waals surface area contributed by atoms with Gasteiger partial charge in [0.05, 0.1) is 12.7 Å². The van der Waals surface area contributed by atoms with Crippen LogP contribution >= 0.6 is 0 Å². The number of methoxy groups -OCH3 is 1. The molecule has 2 aromatic carbocycles. The SMILES string of the molecule is COc1cccc(C2C(C(N)=O)=C(C)Nc3nc(-c4cccc(C)c4)nn32)c1. The number of anilines is 1. The first-order chi connectivity index (χ1) is 13.5. The smallest absolute Gasteiger partial charge is 0.248 e. The van der Waals surface area contributed by atoms with E-state index in [1.165, 1.54) is 0 Å². The summed E-state index contributed by atoms with van der Waals surface area (Å²) in [6.45, 7) is 3.84. The maximum absolute atomic E-state index is 12.3. The van der Waals surface area contributed by atoms with Crippen LogP contribution in [0.1, 0.15) is 24.1 Å². The van der Waals surface area contributed by atoms with E-state index < -0.39 is 11.9 Å². The molecule has 1 aliphatic heterocycles. The molecule has 1 aliphatic rings. The Morgan fingerprint density at radius 3 is 2.68 bits per heavy atom. The fourth-order valence-corrected chi connectivity index (χ4v) is 3.50. The van der Waals surface area contributed by atoms with Crippen LogP contribution in [0.2, 0.25) is 0 Å². The van der Waals surface area contributed by atoms with E-state index in [0.29, 0.717) is 28.8 Å². The van der Waals surface area contributed by atoms with E-state index in [2.05, 4.69) is 10.3 Å². The number of nitrogens with zero attached hydrogens (tertiary/aromatic N) is 3. The van der Waals surface area contributed by atoms with E-state index in [9.17, 15) is 4.79 Å². The number of nitrogens with one attached hydrogen (secondary N) is 1. The standard InChI is InChI=1S/C21H21N5O2/c1-12-6-4-8-15(10-12)20-24-21-23-13(2)17(19(22)27)18(26(21)25-20)14-7-5-9-16(11-14)28-3/h4-11,18H,1-3H3,(H2,22,27)(H,23,24,25). The molecule has 0 spiro atoms. The third kappa shape index (κ3) is 3.00. The fraction of sp³-hybridized carbons (Fsp3) is 0.190. The highest BCUT2D eigenvalue weighted by molar-refractivity contribution is 5.95. The van der Waals surface area contributed by atoms with Gasteiger partial charge in [-0.25, -0.2) is 4.68 Å². The number of primary amides is 1. The van der Waals surface area contributed by atoms with Crippen LogP contribution in [0.15, 0.2) is 59.8 Å². The van der Waals surface area contributed by atoms with Crippen LogP contribution < -0.4 is 15.8 Å². The zero-order chi connectivity index (χ0) is 19.8. The maximum atomic E-state index is 12.3. The minimum absolute atomic E-state index is 0.446. The van der Waals surface area contributed by atoms with E-state index in [4.69, 9.17) is 15.6 Å². The third-order valence-corrected chi connectivity index (χ3v) is 4.80. The first-order valence-electron chi connectivity index (χ1n) is 8.93. The molecule has 0 saturated heterocycles. The van der Waals surface area contributed by atoms with Crippen molar-refractivity contribution in [2.24, 2.45) is 5.73 Å². The molecule has 3 N–H and O–H groups in total. The summed E-state index contributed by atoms with van der Waals surface area (Å²) in [5.74, 6) is 1.33. The molecule has 1 atom stereocenters. The first-order valence-corrected chi connectivity index (χ1v) is 8.93. The molecule has 142 valence electrons. The lowest BCUT2D eigenvalue weighted by Gasteiger charge is -2.27. The van der Waals surface area contributed by atoms with Crippen LogP contribution in [-0.2, 0) is 4.79 Å². The van der Waals surface area contributed by atoms with Crippen molar-refractivity contribution in [2.75, 3.05) is 12.4 Å². The summed E-state index contributed by atoms with van der Waals surface area (Å²) >= 11 is 0. The normalized spacial score (nSPS) is 15.8. The molecule has 28 heavy (non-hydrogen) atoms. The van der Waals surface area contributed by atoms with Crippen molar-refractivity contribution in [2.45, 2.75) is 19.9 Å². The lowest BCUT2D eigenvalue weighted by Crippen LogP contribution is -2.31. The molecule has 1 aromatic heterocycles. The number of hydrogen-bond acceptors (Lipinski definition) is 5. The number of rotatable bonds is 4. The van der Waals surface area contributed by atoms with Crippen LogP contribution in [0.5, 0.6) is 5.75 Å².